The summed E-state index contributed by atoms with van der Waals surface area (Å²) in [5.41, 5.74) is 3.79. The molecule has 0 unspecified atom stereocenters. The molecule has 174 valence electrons. The normalized spacial score (nSPS) is 16.9. The van der Waals surface area contributed by atoms with Crippen LogP contribution in [-0.4, -0.2) is 39.8 Å². The van der Waals surface area contributed by atoms with Crippen molar-refractivity contribution in [1.29, 1.82) is 0 Å². The van der Waals surface area contributed by atoms with E-state index in [2.05, 4.69) is 0 Å². The zero-order valence-corrected chi connectivity index (χ0v) is 19.7. The third-order valence-electron chi connectivity index (χ3n) is 6.15. The van der Waals surface area contributed by atoms with E-state index in [0.717, 1.165) is 28.1 Å². The highest BCUT2D eigenvalue weighted by Crippen LogP contribution is 2.33. The van der Waals surface area contributed by atoms with Gasteiger partial charge in [-0.25, -0.2) is 4.98 Å². The quantitative estimate of drug-likeness (QED) is 0.410. The van der Waals surface area contributed by atoms with Gasteiger partial charge in [0, 0.05) is 24.6 Å². The molecule has 1 N–H and O–H groups in total. The first kappa shape index (κ1) is 22.4. The Morgan fingerprint density at radius 3 is 2.74 bits per heavy atom. The Bertz CT molecular complexity index is 1340. The van der Waals surface area contributed by atoms with E-state index in [0.29, 0.717) is 30.3 Å². The molecule has 1 aliphatic heterocycles. The summed E-state index contributed by atoms with van der Waals surface area (Å²) in [6.07, 6.45) is -0.402. The van der Waals surface area contributed by atoms with Crippen molar-refractivity contribution in [2.75, 3.05) is 18.1 Å². The average Bonchev–Trinajstić information content (AvgIpc) is 3.39. The second-order valence-corrected chi connectivity index (χ2v) is 9.12. The molecule has 1 aromatic heterocycles. The number of fused-ring (bicyclic) bond motifs is 1. The Morgan fingerprint density at radius 1 is 1.12 bits per heavy atom. The maximum atomic E-state index is 12.9. The SMILES string of the molecule is Cc1cccc(N2C[C@@H](c3nc4ccccc4n3C[C@@H](O)COc3ccccc3Cl)CC2=O)c1. The Balaban J connectivity index is 1.39. The van der Waals surface area contributed by atoms with Crippen molar-refractivity contribution in [3.8, 4) is 5.75 Å². The predicted octanol–water partition coefficient (Wildman–Crippen LogP) is 4.96. The van der Waals surface area contributed by atoms with E-state index in [1.165, 1.54) is 0 Å². The molecule has 1 saturated heterocycles. The molecule has 7 heteroatoms. The molecule has 2 atom stereocenters. The fourth-order valence-corrected chi connectivity index (χ4v) is 4.73. The van der Waals surface area contributed by atoms with E-state index in [1.807, 2.05) is 77.1 Å². The molecular formula is C27H26ClN3O3. The number of para-hydroxylation sites is 3. The molecule has 2 heterocycles. The van der Waals surface area contributed by atoms with Gasteiger partial charge in [0.2, 0.25) is 5.91 Å². The van der Waals surface area contributed by atoms with Crippen LogP contribution in [0.25, 0.3) is 11.0 Å². The van der Waals surface area contributed by atoms with Crippen molar-refractivity contribution in [1.82, 2.24) is 9.55 Å². The fraction of sp³-hybridized carbons (Fsp3) is 0.259. The predicted molar refractivity (Wildman–Crippen MR) is 134 cm³/mol. The van der Waals surface area contributed by atoms with Crippen LogP contribution in [0.15, 0.2) is 72.8 Å². The molecule has 0 saturated carbocycles. The first-order chi connectivity index (χ1) is 16.5. The van der Waals surface area contributed by atoms with Gasteiger partial charge in [-0.3, -0.25) is 4.79 Å². The average molecular weight is 476 g/mol. The van der Waals surface area contributed by atoms with Gasteiger partial charge < -0.3 is 19.3 Å². The van der Waals surface area contributed by atoms with E-state index in [1.54, 1.807) is 12.1 Å². The van der Waals surface area contributed by atoms with Gasteiger partial charge in [0.1, 0.15) is 24.3 Å². The lowest BCUT2D eigenvalue weighted by molar-refractivity contribution is -0.117. The molecular weight excluding hydrogens is 450 g/mol. The molecule has 0 spiro atoms. The first-order valence-corrected chi connectivity index (χ1v) is 11.7. The van der Waals surface area contributed by atoms with Gasteiger partial charge in [-0.1, -0.05) is 48.0 Å². The fourth-order valence-electron chi connectivity index (χ4n) is 4.53. The van der Waals surface area contributed by atoms with Gasteiger partial charge in [0.05, 0.1) is 22.6 Å². The summed E-state index contributed by atoms with van der Waals surface area (Å²) in [4.78, 5) is 19.6. The maximum Gasteiger partial charge on any atom is 0.227 e. The van der Waals surface area contributed by atoms with E-state index in [4.69, 9.17) is 21.3 Å². The number of aromatic nitrogens is 2. The summed E-state index contributed by atoms with van der Waals surface area (Å²) < 4.78 is 7.77. The topological polar surface area (TPSA) is 67.6 Å². The maximum absolute atomic E-state index is 12.9. The monoisotopic (exact) mass is 475 g/mol. The van der Waals surface area contributed by atoms with Crippen LogP contribution >= 0.6 is 11.6 Å². The lowest BCUT2D eigenvalue weighted by Gasteiger charge is -2.19. The second kappa shape index (κ2) is 9.49. The van der Waals surface area contributed by atoms with Crippen LogP contribution in [0.4, 0.5) is 5.69 Å². The lowest BCUT2D eigenvalue weighted by atomic mass is 10.1. The molecule has 1 fully saturated rings. The van der Waals surface area contributed by atoms with E-state index in [-0.39, 0.29) is 18.4 Å². The molecule has 6 nitrogen and oxygen atoms in total. The van der Waals surface area contributed by atoms with Crippen molar-refractivity contribution in [3.05, 3.63) is 89.2 Å². The number of ether oxygens (including phenoxy) is 1. The van der Waals surface area contributed by atoms with Crippen molar-refractivity contribution in [2.45, 2.75) is 31.9 Å². The van der Waals surface area contributed by atoms with Gasteiger partial charge in [0.25, 0.3) is 0 Å². The van der Waals surface area contributed by atoms with Crippen molar-refractivity contribution in [3.63, 3.8) is 0 Å². The zero-order chi connectivity index (χ0) is 23.7. The second-order valence-electron chi connectivity index (χ2n) is 8.71. The standard InChI is InChI=1S/C27H26ClN3O3/c1-18-7-6-8-20(13-18)30-15-19(14-26(30)33)27-29-23-10-3-4-11-24(23)31(27)16-21(32)17-34-25-12-5-2-9-22(25)28/h2-13,19,21,32H,14-17H2,1H3/t19-,21+/m0/s1. The van der Waals surface area contributed by atoms with Crippen LogP contribution in [0, 0.1) is 6.92 Å². The highest BCUT2D eigenvalue weighted by atomic mass is 35.5. The van der Waals surface area contributed by atoms with Gasteiger partial charge in [-0.05, 0) is 48.9 Å². The molecule has 0 bridgehead atoms. The summed E-state index contributed by atoms with van der Waals surface area (Å²) >= 11 is 6.17. The van der Waals surface area contributed by atoms with Crippen LogP contribution in [0.3, 0.4) is 0 Å². The van der Waals surface area contributed by atoms with Crippen LogP contribution in [-0.2, 0) is 11.3 Å². The number of amides is 1. The van der Waals surface area contributed by atoms with Crippen molar-refractivity contribution < 1.29 is 14.6 Å². The number of aliphatic hydroxyl groups excluding tert-OH is 1. The number of carbonyl (C=O) groups is 1. The number of hydrogen-bond acceptors (Lipinski definition) is 4. The zero-order valence-electron chi connectivity index (χ0n) is 18.9. The number of anilines is 1. The summed E-state index contributed by atoms with van der Waals surface area (Å²) in [6.45, 7) is 2.97. The van der Waals surface area contributed by atoms with Gasteiger partial charge in [-0.15, -0.1) is 0 Å². The Morgan fingerprint density at radius 2 is 1.91 bits per heavy atom. The molecule has 1 aliphatic rings. The number of benzene rings is 3. The third-order valence-corrected chi connectivity index (χ3v) is 6.46. The Labute approximate surface area is 203 Å². The molecule has 3 aromatic carbocycles. The smallest absolute Gasteiger partial charge is 0.227 e. The number of hydrogen-bond donors (Lipinski definition) is 1. The molecule has 0 radical (unpaired) electrons. The van der Waals surface area contributed by atoms with Gasteiger partial charge >= 0.3 is 0 Å². The highest BCUT2D eigenvalue weighted by Gasteiger charge is 2.35. The number of aliphatic hydroxyl groups is 1. The summed E-state index contributed by atoms with van der Waals surface area (Å²) in [5.74, 6) is 1.35. The minimum atomic E-state index is -0.780. The number of nitrogens with zero attached hydrogens (tertiary/aromatic N) is 3. The summed E-state index contributed by atoms with van der Waals surface area (Å²) in [6, 6.07) is 23.0. The first-order valence-electron chi connectivity index (χ1n) is 11.4. The van der Waals surface area contributed by atoms with E-state index < -0.39 is 6.10 Å². The Kier molecular flexibility index (Phi) is 6.26. The van der Waals surface area contributed by atoms with Gasteiger partial charge in [-0.2, -0.15) is 0 Å². The summed E-state index contributed by atoms with van der Waals surface area (Å²) in [7, 11) is 0. The minimum absolute atomic E-state index is 0.0721. The molecule has 4 aromatic rings. The minimum Gasteiger partial charge on any atom is -0.489 e. The van der Waals surface area contributed by atoms with Crippen LogP contribution in [0.1, 0.15) is 23.7 Å². The number of aryl methyl sites for hydroxylation is 1. The van der Waals surface area contributed by atoms with Crippen LogP contribution < -0.4 is 9.64 Å². The lowest BCUT2D eigenvalue weighted by Crippen LogP contribution is -2.26. The van der Waals surface area contributed by atoms with Gasteiger partial charge in [0.15, 0.2) is 0 Å². The van der Waals surface area contributed by atoms with E-state index in [9.17, 15) is 9.90 Å². The highest BCUT2D eigenvalue weighted by molar-refractivity contribution is 6.32. The molecule has 0 aliphatic carbocycles. The molecule has 1 amide bonds. The number of halogens is 1. The molecule has 34 heavy (non-hydrogen) atoms. The van der Waals surface area contributed by atoms with E-state index >= 15 is 0 Å². The van der Waals surface area contributed by atoms with Crippen molar-refractivity contribution in [2.24, 2.45) is 0 Å². The number of rotatable bonds is 7. The summed E-state index contributed by atoms with van der Waals surface area (Å²) in [5, 5.41) is 11.3. The number of carbonyl (C=O) groups excluding carboxylic acids is 1. The Hall–Kier alpha value is -3.35. The largest absolute Gasteiger partial charge is 0.489 e. The third kappa shape index (κ3) is 4.52. The van der Waals surface area contributed by atoms with Crippen LogP contribution in [0.2, 0.25) is 5.02 Å². The van der Waals surface area contributed by atoms with Crippen LogP contribution in [0.5, 0.6) is 5.75 Å². The molecule has 5 rings (SSSR count). The number of imidazole rings is 1. The van der Waals surface area contributed by atoms with Crippen molar-refractivity contribution >= 4 is 34.2 Å².